The highest BCUT2D eigenvalue weighted by Crippen LogP contribution is 2.25. The summed E-state index contributed by atoms with van der Waals surface area (Å²) in [5, 5.41) is 3.30. The predicted octanol–water partition coefficient (Wildman–Crippen LogP) is 4.13. The minimum Gasteiger partial charge on any atom is -0.444 e. The molecule has 23 heavy (non-hydrogen) atoms. The van der Waals surface area contributed by atoms with Crippen molar-refractivity contribution in [2.45, 2.75) is 57.8 Å². The van der Waals surface area contributed by atoms with E-state index in [2.05, 4.69) is 5.32 Å². The SMILES string of the molecule is CCNC(CCl)N(C(=O)OCc1ccccc1)C1CCCCC1. The van der Waals surface area contributed by atoms with E-state index in [1.807, 2.05) is 42.2 Å². The van der Waals surface area contributed by atoms with Crippen LogP contribution in [0.25, 0.3) is 0 Å². The second kappa shape index (κ2) is 9.78. The van der Waals surface area contributed by atoms with Crippen LogP contribution in [0.2, 0.25) is 0 Å². The molecule has 1 unspecified atom stereocenters. The molecule has 0 radical (unpaired) electrons. The maximum absolute atomic E-state index is 12.7. The van der Waals surface area contributed by atoms with Crippen molar-refractivity contribution in [1.29, 1.82) is 0 Å². The third-order valence-corrected chi connectivity index (χ3v) is 4.60. The highest BCUT2D eigenvalue weighted by atomic mass is 35.5. The summed E-state index contributed by atoms with van der Waals surface area (Å²) in [6.07, 6.45) is 5.18. The van der Waals surface area contributed by atoms with Crippen LogP contribution in [-0.4, -0.2) is 35.6 Å². The second-order valence-electron chi connectivity index (χ2n) is 5.97. The molecule has 0 aliphatic heterocycles. The number of nitrogens with one attached hydrogen (secondary N) is 1. The van der Waals surface area contributed by atoms with E-state index in [1.54, 1.807) is 0 Å². The van der Waals surface area contributed by atoms with E-state index < -0.39 is 0 Å². The first kappa shape index (κ1) is 18.1. The number of hydrogen-bond donors (Lipinski definition) is 1. The van der Waals surface area contributed by atoms with Gasteiger partial charge in [-0.3, -0.25) is 10.2 Å². The van der Waals surface area contributed by atoms with Gasteiger partial charge in [0.25, 0.3) is 0 Å². The minimum atomic E-state index is -0.271. The Morgan fingerprint density at radius 1 is 1.30 bits per heavy atom. The number of rotatable bonds is 7. The lowest BCUT2D eigenvalue weighted by atomic mass is 9.94. The summed E-state index contributed by atoms with van der Waals surface area (Å²) in [6, 6.07) is 9.98. The Bertz CT molecular complexity index is 459. The number of halogens is 1. The number of hydrogen-bond acceptors (Lipinski definition) is 3. The van der Waals surface area contributed by atoms with Crippen LogP contribution < -0.4 is 5.32 Å². The van der Waals surface area contributed by atoms with Gasteiger partial charge in [-0.1, -0.05) is 56.5 Å². The highest BCUT2D eigenvalue weighted by molar-refractivity contribution is 6.18. The summed E-state index contributed by atoms with van der Waals surface area (Å²) in [5.41, 5.74) is 0.996. The highest BCUT2D eigenvalue weighted by Gasteiger charge is 2.32. The number of ether oxygens (including phenoxy) is 1. The predicted molar refractivity (Wildman–Crippen MR) is 93.5 cm³/mol. The molecule has 0 saturated heterocycles. The van der Waals surface area contributed by atoms with Crippen molar-refractivity contribution in [2.24, 2.45) is 0 Å². The third kappa shape index (κ3) is 5.40. The molecule has 1 aromatic carbocycles. The van der Waals surface area contributed by atoms with Gasteiger partial charge in [-0.2, -0.15) is 0 Å². The van der Waals surface area contributed by atoms with Gasteiger partial charge in [0.15, 0.2) is 0 Å². The summed E-state index contributed by atoms with van der Waals surface area (Å²) in [6.45, 7) is 3.09. The van der Waals surface area contributed by atoms with Gasteiger partial charge in [-0.05, 0) is 24.9 Å². The van der Waals surface area contributed by atoms with Gasteiger partial charge in [0, 0.05) is 6.04 Å². The van der Waals surface area contributed by atoms with Gasteiger partial charge in [0.2, 0.25) is 0 Å². The smallest absolute Gasteiger partial charge is 0.411 e. The Kier molecular flexibility index (Phi) is 7.69. The molecule has 0 aromatic heterocycles. The molecule has 1 aliphatic rings. The Balaban J connectivity index is 2.03. The molecule has 1 N–H and O–H groups in total. The van der Waals surface area contributed by atoms with Crippen LogP contribution in [0.5, 0.6) is 0 Å². The fourth-order valence-electron chi connectivity index (χ4n) is 3.15. The van der Waals surface area contributed by atoms with Gasteiger partial charge in [-0.15, -0.1) is 11.6 Å². The van der Waals surface area contributed by atoms with Crippen LogP contribution in [0.15, 0.2) is 30.3 Å². The van der Waals surface area contributed by atoms with E-state index in [9.17, 15) is 4.79 Å². The summed E-state index contributed by atoms with van der Waals surface area (Å²) in [4.78, 5) is 14.5. The van der Waals surface area contributed by atoms with Crippen molar-refractivity contribution in [3.63, 3.8) is 0 Å². The van der Waals surface area contributed by atoms with Crippen molar-refractivity contribution in [3.05, 3.63) is 35.9 Å². The molecule has 1 aromatic rings. The zero-order valence-electron chi connectivity index (χ0n) is 13.8. The van der Waals surface area contributed by atoms with Crippen LogP contribution in [-0.2, 0) is 11.3 Å². The number of nitrogens with zero attached hydrogens (tertiary/aromatic N) is 1. The lowest BCUT2D eigenvalue weighted by Crippen LogP contribution is -2.55. The monoisotopic (exact) mass is 338 g/mol. The van der Waals surface area contributed by atoms with E-state index in [-0.39, 0.29) is 18.3 Å². The Hall–Kier alpha value is -1.26. The van der Waals surface area contributed by atoms with E-state index in [4.69, 9.17) is 16.3 Å². The topological polar surface area (TPSA) is 41.6 Å². The molecule has 128 valence electrons. The van der Waals surface area contributed by atoms with Gasteiger partial charge in [0.05, 0.1) is 12.0 Å². The lowest BCUT2D eigenvalue weighted by molar-refractivity contribution is 0.0483. The maximum atomic E-state index is 12.7. The zero-order valence-corrected chi connectivity index (χ0v) is 14.6. The molecule has 1 amide bonds. The van der Waals surface area contributed by atoms with Crippen molar-refractivity contribution in [2.75, 3.05) is 12.4 Å². The van der Waals surface area contributed by atoms with Crippen molar-refractivity contribution in [3.8, 4) is 0 Å². The molecule has 4 nitrogen and oxygen atoms in total. The maximum Gasteiger partial charge on any atom is 0.411 e. The van der Waals surface area contributed by atoms with Crippen molar-refractivity contribution in [1.82, 2.24) is 10.2 Å². The molecule has 5 heteroatoms. The summed E-state index contributed by atoms with van der Waals surface area (Å²) < 4.78 is 5.56. The van der Waals surface area contributed by atoms with Gasteiger partial charge in [0.1, 0.15) is 6.61 Å². The van der Waals surface area contributed by atoms with Crippen LogP contribution in [0.3, 0.4) is 0 Å². The Morgan fingerprint density at radius 2 is 2.00 bits per heavy atom. The summed E-state index contributed by atoms with van der Waals surface area (Å²) in [5.74, 6) is 0.366. The first-order valence-corrected chi connectivity index (χ1v) is 9.08. The molecule has 2 rings (SSSR count). The molecule has 0 spiro atoms. The third-order valence-electron chi connectivity index (χ3n) is 4.31. The van der Waals surface area contributed by atoms with Crippen LogP contribution in [0, 0.1) is 0 Å². The van der Waals surface area contributed by atoms with Gasteiger partial charge < -0.3 is 4.74 Å². The Morgan fingerprint density at radius 3 is 2.61 bits per heavy atom. The molecule has 0 heterocycles. The van der Waals surface area contributed by atoms with Gasteiger partial charge in [-0.25, -0.2) is 4.79 Å². The fraction of sp³-hybridized carbons (Fsp3) is 0.611. The molecule has 1 fully saturated rings. The van der Waals surface area contributed by atoms with E-state index in [0.29, 0.717) is 12.5 Å². The standard InChI is InChI=1S/C18H27ClN2O2/c1-2-20-17(13-19)21(16-11-7-4-8-12-16)18(22)23-14-15-9-5-3-6-10-15/h3,5-6,9-10,16-17,20H,2,4,7-8,11-14H2,1H3. The average Bonchev–Trinajstić information content (AvgIpc) is 2.61. The van der Waals surface area contributed by atoms with E-state index in [1.165, 1.54) is 6.42 Å². The van der Waals surface area contributed by atoms with Crippen LogP contribution in [0.1, 0.15) is 44.6 Å². The van der Waals surface area contributed by atoms with E-state index >= 15 is 0 Å². The van der Waals surface area contributed by atoms with Crippen LogP contribution in [0.4, 0.5) is 4.79 Å². The number of amides is 1. The normalized spacial score (nSPS) is 16.8. The number of carbonyl (C=O) groups excluding carboxylic acids is 1. The zero-order chi connectivity index (χ0) is 16.5. The fourth-order valence-corrected chi connectivity index (χ4v) is 3.40. The molecular weight excluding hydrogens is 312 g/mol. The quantitative estimate of drug-likeness (QED) is 0.600. The summed E-state index contributed by atoms with van der Waals surface area (Å²) >= 11 is 6.11. The lowest BCUT2D eigenvalue weighted by Gasteiger charge is -2.38. The summed E-state index contributed by atoms with van der Waals surface area (Å²) in [7, 11) is 0. The molecule has 0 bridgehead atoms. The average molecular weight is 339 g/mol. The number of carbonyl (C=O) groups is 1. The Labute approximate surface area is 144 Å². The van der Waals surface area contributed by atoms with E-state index in [0.717, 1.165) is 37.8 Å². The van der Waals surface area contributed by atoms with Gasteiger partial charge >= 0.3 is 6.09 Å². The first-order valence-electron chi connectivity index (χ1n) is 8.54. The molecule has 1 saturated carbocycles. The largest absolute Gasteiger partial charge is 0.444 e. The molecule has 1 atom stereocenters. The second-order valence-corrected chi connectivity index (χ2v) is 6.28. The minimum absolute atomic E-state index is 0.173. The van der Waals surface area contributed by atoms with Crippen LogP contribution >= 0.6 is 11.6 Å². The first-order chi connectivity index (χ1) is 11.3. The molecular formula is C18H27ClN2O2. The van der Waals surface area contributed by atoms with Crippen molar-refractivity contribution < 1.29 is 9.53 Å². The molecule has 1 aliphatic carbocycles. The number of alkyl halides is 1. The van der Waals surface area contributed by atoms with Crippen molar-refractivity contribution >= 4 is 17.7 Å². The number of benzene rings is 1.